The van der Waals surface area contributed by atoms with Crippen LogP contribution in [0.2, 0.25) is 0 Å². The summed E-state index contributed by atoms with van der Waals surface area (Å²) in [5.41, 5.74) is 3.95. The largest absolute Gasteiger partial charge is 0.270 e. The Morgan fingerprint density at radius 1 is 0.783 bits per heavy atom. The van der Waals surface area contributed by atoms with Crippen LogP contribution < -0.4 is 0 Å². The number of non-ortho nitro benzene ring substituents is 1. The third-order valence-corrected chi connectivity index (χ3v) is 3.59. The van der Waals surface area contributed by atoms with E-state index >= 15 is 0 Å². The van der Waals surface area contributed by atoms with Crippen molar-refractivity contribution in [3.8, 4) is 11.1 Å². The fraction of sp³-hybridized carbons (Fsp3) is 0. The Morgan fingerprint density at radius 2 is 1.43 bits per heavy atom. The van der Waals surface area contributed by atoms with Gasteiger partial charge in [-0.05, 0) is 28.3 Å². The molecule has 0 radical (unpaired) electrons. The van der Waals surface area contributed by atoms with Gasteiger partial charge >= 0.3 is 0 Å². The number of hydrogen-bond donors (Lipinski definition) is 0. The summed E-state index contributed by atoms with van der Waals surface area (Å²) < 4.78 is 0. The molecule has 3 heteroatoms. The molecule has 0 amide bonds. The van der Waals surface area contributed by atoms with Crippen LogP contribution in [0.5, 0.6) is 0 Å². The van der Waals surface area contributed by atoms with Crippen molar-refractivity contribution in [2.24, 2.45) is 0 Å². The summed E-state index contributed by atoms with van der Waals surface area (Å²) in [6, 6.07) is 24.6. The van der Waals surface area contributed by atoms with Gasteiger partial charge in [0.25, 0.3) is 5.69 Å². The molecular formula is C20H15NO2. The highest BCUT2D eigenvalue weighted by molar-refractivity contribution is 5.82. The van der Waals surface area contributed by atoms with Gasteiger partial charge in [-0.1, -0.05) is 72.8 Å². The molecule has 0 aromatic heterocycles. The van der Waals surface area contributed by atoms with Gasteiger partial charge in [-0.2, -0.15) is 0 Å². The third-order valence-electron chi connectivity index (χ3n) is 3.59. The first-order valence-corrected chi connectivity index (χ1v) is 7.31. The Balaban J connectivity index is 2.06. The zero-order valence-electron chi connectivity index (χ0n) is 12.4. The second-order valence-corrected chi connectivity index (χ2v) is 5.14. The molecule has 3 aromatic carbocycles. The van der Waals surface area contributed by atoms with Crippen LogP contribution in [0.4, 0.5) is 5.69 Å². The van der Waals surface area contributed by atoms with E-state index in [0.29, 0.717) is 0 Å². The van der Waals surface area contributed by atoms with Crippen LogP contribution in [0.15, 0.2) is 78.9 Å². The van der Waals surface area contributed by atoms with Crippen LogP contribution in [0, 0.1) is 10.1 Å². The van der Waals surface area contributed by atoms with Gasteiger partial charge in [-0.25, -0.2) is 0 Å². The highest BCUT2D eigenvalue weighted by Gasteiger charge is 2.10. The molecule has 0 N–H and O–H groups in total. The number of hydrogen-bond acceptors (Lipinski definition) is 2. The van der Waals surface area contributed by atoms with Gasteiger partial charge in [0.05, 0.1) is 4.92 Å². The summed E-state index contributed by atoms with van der Waals surface area (Å²) in [6.45, 7) is 0. The summed E-state index contributed by atoms with van der Waals surface area (Å²) >= 11 is 0. The topological polar surface area (TPSA) is 43.1 Å². The van der Waals surface area contributed by atoms with Crippen molar-refractivity contribution in [3.05, 3.63) is 100 Å². The van der Waals surface area contributed by atoms with Crippen LogP contribution in [0.3, 0.4) is 0 Å². The van der Waals surface area contributed by atoms with Gasteiger partial charge in [-0.3, -0.25) is 10.1 Å². The van der Waals surface area contributed by atoms with Crippen molar-refractivity contribution in [3.63, 3.8) is 0 Å². The van der Waals surface area contributed by atoms with Crippen LogP contribution in [-0.4, -0.2) is 4.92 Å². The van der Waals surface area contributed by atoms with Crippen molar-refractivity contribution in [1.29, 1.82) is 0 Å². The van der Waals surface area contributed by atoms with E-state index in [1.165, 1.54) is 6.07 Å². The lowest BCUT2D eigenvalue weighted by Crippen LogP contribution is -1.90. The van der Waals surface area contributed by atoms with E-state index in [-0.39, 0.29) is 10.6 Å². The monoisotopic (exact) mass is 301 g/mol. The molecule has 3 rings (SSSR count). The van der Waals surface area contributed by atoms with Gasteiger partial charge in [-0.15, -0.1) is 0 Å². The molecule has 0 atom stereocenters. The van der Waals surface area contributed by atoms with E-state index in [2.05, 4.69) is 0 Å². The molecule has 0 spiro atoms. The number of nitro benzene ring substituents is 1. The maximum atomic E-state index is 11.1. The molecule has 0 aliphatic rings. The lowest BCUT2D eigenvalue weighted by atomic mass is 9.98. The van der Waals surface area contributed by atoms with E-state index in [4.69, 9.17) is 0 Å². The molecule has 0 heterocycles. The van der Waals surface area contributed by atoms with Crippen LogP contribution in [0.25, 0.3) is 23.3 Å². The van der Waals surface area contributed by atoms with E-state index < -0.39 is 0 Å². The van der Waals surface area contributed by atoms with Gasteiger partial charge in [0, 0.05) is 12.1 Å². The fourth-order valence-corrected chi connectivity index (χ4v) is 2.42. The minimum atomic E-state index is -0.364. The summed E-state index contributed by atoms with van der Waals surface area (Å²) in [7, 11) is 0. The lowest BCUT2D eigenvalue weighted by Gasteiger charge is -2.06. The Bertz CT molecular complexity index is 840. The molecule has 0 aliphatic carbocycles. The molecule has 0 saturated heterocycles. The third kappa shape index (κ3) is 3.52. The number of nitrogens with zero attached hydrogens (tertiary/aromatic N) is 1. The van der Waals surface area contributed by atoms with E-state index in [1.54, 1.807) is 12.1 Å². The Morgan fingerprint density at radius 3 is 2.09 bits per heavy atom. The number of benzene rings is 3. The molecule has 0 saturated carbocycles. The van der Waals surface area contributed by atoms with E-state index in [9.17, 15) is 10.1 Å². The second kappa shape index (κ2) is 6.71. The maximum absolute atomic E-state index is 11.1. The first-order valence-electron chi connectivity index (χ1n) is 7.31. The van der Waals surface area contributed by atoms with Gasteiger partial charge in [0.1, 0.15) is 0 Å². The highest BCUT2D eigenvalue weighted by Crippen LogP contribution is 2.29. The molecule has 3 aromatic rings. The molecule has 23 heavy (non-hydrogen) atoms. The standard InChI is InChI=1S/C20H15NO2/c22-21(23)19-14-13-18(12-11-16-7-3-1-4-8-16)20(15-19)17-9-5-2-6-10-17/h1-15H/b12-11+. The van der Waals surface area contributed by atoms with Crippen LogP contribution in [0.1, 0.15) is 11.1 Å². The van der Waals surface area contributed by atoms with Crippen LogP contribution >= 0.6 is 0 Å². The Hall–Kier alpha value is -3.20. The van der Waals surface area contributed by atoms with Crippen molar-refractivity contribution < 1.29 is 4.92 Å². The molecule has 0 bridgehead atoms. The minimum absolute atomic E-state index is 0.0979. The normalized spacial score (nSPS) is 10.8. The number of rotatable bonds is 4. The van der Waals surface area contributed by atoms with Gasteiger partial charge in [0.15, 0.2) is 0 Å². The zero-order chi connectivity index (χ0) is 16.1. The summed E-state index contributed by atoms with van der Waals surface area (Å²) in [5.74, 6) is 0. The van der Waals surface area contributed by atoms with Crippen LogP contribution in [-0.2, 0) is 0 Å². The predicted molar refractivity (Wildman–Crippen MR) is 93.9 cm³/mol. The Labute approximate surface area is 134 Å². The predicted octanol–water partition coefficient (Wildman–Crippen LogP) is 5.43. The summed E-state index contributed by atoms with van der Waals surface area (Å²) in [4.78, 5) is 10.7. The Kier molecular flexibility index (Phi) is 4.29. The van der Waals surface area contributed by atoms with E-state index in [0.717, 1.165) is 22.3 Å². The van der Waals surface area contributed by atoms with Gasteiger partial charge in [0.2, 0.25) is 0 Å². The molecule has 0 fully saturated rings. The fourth-order valence-electron chi connectivity index (χ4n) is 2.42. The molecular weight excluding hydrogens is 286 g/mol. The molecule has 3 nitrogen and oxygen atoms in total. The summed E-state index contributed by atoms with van der Waals surface area (Å²) in [6.07, 6.45) is 4.00. The highest BCUT2D eigenvalue weighted by atomic mass is 16.6. The van der Waals surface area contributed by atoms with Crippen molar-refractivity contribution >= 4 is 17.8 Å². The first kappa shape index (κ1) is 14.7. The number of nitro groups is 1. The zero-order valence-corrected chi connectivity index (χ0v) is 12.4. The molecule has 112 valence electrons. The quantitative estimate of drug-likeness (QED) is 0.366. The lowest BCUT2D eigenvalue weighted by molar-refractivity contribution is -0.384. The minimum Gasteiger partial charge on any atom is -0.258 e. The maximum Gasteiger partial charge on any atom is 0.270 e. The van der Waals surface area contributed by atoms with Crippen molar-refractivity contribution in [2.75, 3.05) is 0 Å². The average molecular weight is 301 g/mol. The van der Waals surface area contributed by atoms with Crippen molar-refractivity contribution in [1.82, 2.24) is 0 Å². The second-order valence-electron chi connectivity index (χ2n) is 5.14. The van der Waals surface area contributed by atoms with E-state index in [1.807, 2.05) is 72.8 Å². The molecule has 0 aliphatic heterocycles. The first-order chi connectivity index (χ1) is 11.2. The summed E-state index contributed by atoms with van der Waals surface area (Å²) in [5, 5.41) is 11.1. The molecule has 0 unspecified atom stereocenters. The smallest absolute Gasteiger partial charge is 0.258 e. The van der Waals surface area contributed by atoms with Crippen molar-refractivity contribution in [2.45, 2.75) is 0 Å². The van der Waals surface area contributed by atoms with Gasteiger partial charge < -0.3 is 0 Å². The SMILES string of the molecule is O=[N+]([O-])c1ccc(/C=C/c2ccccc2)c(-c2ccccc2)c1. The average Bonchev–Trinajstić information content (AvgIpc) is 2.61.